The highest BCUT2D eigenvalue weighted by Gasteiger charge is 2.27. The van der Waals surface area contributed by atoms with E-state index < -0.39 is 16.0 Å². The van der Waals surface area contributed by atoms with Crippen molar-refractivity contribution < 1.29 is 22.5 Å². The van der Waals surface area contributed by atoms with Crippen LogP contribution in [0.2, 0.25) is 0 Å². The normalized spacial score (nSPS) is 15.0. The number of nitrogens with zero attached hydrogens (tertiary/aromatic N) is 3. The van der Waals surface area contributed by atoms with Crippen molar-refractivity contribution in [2.45, 2.75) is 24.3 Å². The number of carbonyl (C=O) groups excluding carboxylic acids is 1. The topological polar surface area (TPSA) is 103 Å². The minimum absolute atomic E-state index is 0.137. The second kappa shape index (κ2) is 7.82. The van der Waals surface area contributed by atoms with E-state index in [9.17, 15) is 13.2 Å². The number of esters is 1. The van der Waals surface area contributed by atoms with Gasteiger partial charge in [0.1, 0.15) is 0 Å². The molecule has 0 amide bonds. The third-order valence-electron chi connectivity index (χ3n) is 4.33. The van der Waals surface area contributed by atoms with E-state index in [-0.39, 0.29) is 22.9 Å². The minimum Gasteiger partial charge on any atom is -0.454 e. The van der Waals surface area contributed by atoms with Crippen molar-refractivity contribution in [1.29, 1.82) is 0 Å². The van der Waals surface area contributed by atoms with Gasteiger partial charge >= 0.3 is 5.97 Å². The maximum absolute atomic E-state index is 12.5. The SMILES string of the molecule is O=C(OCc1noc(-c2cccs2)n1)c1ccc(S(=O)(=O)N2CCCC2)cc1. The zero-order chi connectivity index (χ0) is 19.6. The Kier molecular flexibility index (Phi) is 5.25. The van der Waals surface area contributed by atoms with E-state index in [1.54, 1.807) is 0 Å². The lowest BCUT2D eigenvalue weighted by Gasteiger charge is -2.15. The molecule has 1 aliphatic heterocycles. The summed E-state index contributed by atoms with van der Waals surface area (Å²) in [6.45, 7) is 0.927. The van der Waals surface area contributed by atoms with E-state index in [4.69, 9.17) is 9.26 Å². The molecule has 0 saturated carbocycles. The van der Waals surface area contributed by atoms with Crippen molar-refractivity contribution in [3.63, 3.8) is 0 Å². The zero-order valence-corrected chi connectivity index (χ0v) is 16.4. The second-order valence-corrected chi connectivity index (χ2v) is 9.09. The van der Waals surface area contributed by atoms with Crippen LogP contribution in [0.5, 0.6) is 0 Å². The molecule has 0 aliphatic carbocycles. The molecule has 1 aliphatic rings. The fourth-order valence-electron chi connectivity index (χ4n) is 2.87. The molecule has 1 fully saturated rings. The van der Waals surface area contributed by atoms with Gasteiger partial charge in [-0.15, -0.1) is 11.3 Å². The van der Waals surface area contributed by atoms with E-state index in [2.05, 4.69) is 10.1 Å². The summed E-state index contributed by atoms with van der Waals surface area (Å²) in [7, 11) is -3.51. The van der Waals surface area contributed by atoms with E-state index in [0.29, 0.717) is 19.0 Å². The highest BCUT2D eigenvalue weighted by molar-refractivity contribution is 7.89. The number of benzene rings is 1. The van der Waals surface area contributed by atoms with Gasteiger partial charge in [-0.1, -0.05) is 11.2 Å². The standard InChI is InChI=1S/C18H17N3O5S2/c22-18(25-12-16-19-17(26-20-16)15-4-3-11-27-15)13-5-7-14(8-6-13)28(23,24)21-9-1-2-10-21/h3-8,11H,1-2,9-10,12H2. The number of sulfonamides is 1. The smallest absolute Gasteiger partial charge is 0.338 e. The Morgan fingerprint density at radius 2 is 1.93 bits per heavy atom. The average molecular weight is 419 g/mol. The third kappa shape index (κ3) is 3.84. The molecule has 0 N–H and O–H groups in total. The monoisotopic (exact) mass is 419 g/mol. The van der Waals surface area contributed by atoms with Crippen LogP contribution in [0.25, 0.3) is 10.8 Å². The first kappa shape index (κ1) is 18.8. The molecule has 1 saturated heterocycles. The number of aromatic nitrogens is 2. The van der Waals surface area contributed by atoms with Crippen LogP contribution < -0.4 is 0 Å². The predicted molar refractivity (Wildman–Crippen MR) is 101 cm³/mol. The Morgan fingerprint density at radius 1 is 1.18 bits per heavy atom. The summed E-state index contributed by atoms with van der Waals surface area (Å²) in [5.41, 5.74) is 0.252. The molecule has 146 valence electrons. The average Bonchev–Trinajstić information content (AvgIpc) is 3.48. The van der Waals surface area contributed by atoms with Gasteiger partial charge in [0.2, 0.25) is 15.8 Å². The largest absolute Gasteiger partial charge is 0.454 e. The van der Waals surface area contributed by atoms with Crippen LogP contribution in [0.15, 0.2) is 51.2 Å². The van der Waals surface area contributed by atoms with Crippen LogP contribution in [0.1, 0.15) is 29.0 Å². The van der Waals surface area contributed by atoms with Gasteiger partial charge in [-0.25, -0.2) is 13.2 Å². The van der Waals surface area contributed by atoms with Crippen molar-refractivity contribution >= 4 is 27.3 Å². The van der Waals surface area contributed by atoms with Gasteiger partial charge in [-0.2, -0.15) is 9.29 Å². The maximum atomic E-state index is 12.5. The summed E-state index contributed by atoms with van der Waals surface area (Å²) in [4.78, 5) is 17.4. The van der Waals surface area contributed by atoms with Crippen molar-refractivity contribution in [1.82, 2.24) is 14.4 Å². The highest BCUT2D eigenvalue weighted by atomic mass is 32.2. The molecule has 28 heavy (non-hydrogen) atoms. The van der Waals surface area contributed by atoms with Crippen LogP contribution in [-0.4, -0.2) is 41.9 Å². The molecular formula is C18H17N3O5S2. The minimum atomic E-state index is -3.51. The summed E-state index contributed by atoms with van der Waals surface area (Å²) in [5.74, 6) is 0.0371. The predicted octanol–water partition coefficient (Wildman–Crippen LogP) is 2.94. The summed E-state index contributed by atoms with van der Waals surface area (Å²) in [5, 5.41) is 5.68. The van der Waals surface area contributed by atoms with E-state index in [0.717, 1.165) is 17.7 Å². The number of carbonyl (C=O) groups is 1. The lowest BCUT2D eigenvalue weighted by Crippen LogP contribution is -2.27. The van der Waals surface area contributed by atoms with E-state index >= 15 is 0 Å². The number of thiophene rings is 1. The quantitative estimate of drug-likeness (QED) is 0.566. The van der Waals surface area contributed by atoms with Crippen LogP contribution in [0.4, 0.5) is 0 Å². The Labute approximate surface area is 165 Å². The first-order valence-electron chi connectivity index (χ1n) is 8.68. The zero-order valence-electron chi connectivity index (χ0n) is 14.8. The second-order valence-electron chi connectivity index (χ2n) is 6.20. The fraction of sp³-hybridized carbons (Fsp3) is 0.278. The van der Waals surface area contributed by atoms with E-state index in [1.165, 1.54) is 39.9 Å². The van der Waals surface area contributed by atoms with Crippen LogP contribution in [0.3, 0.4) is 0 Å². The number of rotatable bonds is 6. The van der Waals surface area contributed by atoms with Crippen molar-refractivity contribution in [3.05, 3.63) is 53.2 Å². The molecule has 0 radical (unpaired) electrons. The first-order chi connectivity index (χ1) is 13.5. The van der Waals surface area contributed by atoms with Crippen molar-refractivity contribution in [2.75, 3.05) is 13.1 Å². The number of ether oxygens (including phenoxy) is 1. The third-order valence-corrected chi connectivity index (χ3v) is 7.10. The summed E-state index contributed by atoms with van der Waals surface area (Å²) in [6.07, 6.45) is 1.74. The Hall–Kier alpha value is -2.56. The Balaban J connectivity index is 1.39. The Morgan fingerprint density at radius 3 is 2.61 bits per heavy atom. The van der Waals surface area contributed by atoms with Gasteiger partial charge in [-0.05, 0) is 48.6 Å². The van der Waals surface area contributed by atoms with Gasteiger partial charge in [0, 0.05) is 13.1 Å². The van der Waals surface area contributed by atoms with Gasteiger partial charge in [0.25, 0.3) is 5.89 Å². The molecular weight excluding hydrogens is 402 g/mol. The molecule has 2 aromatic heterocycles. The lowest BCUT2D eigenvalue weighted by molar-refractivity contribution is 0.0459. The highest BCUT2D eigenvalue weighted by Crippen LogP contribution is 2.23. The van der Waals surface area contributed by atoms with Gasteiger partial charge in [0.15, 0.2) is 6.61 Å². The molecule has 3 heterocycles. The summed E-state index contributed by atoms with van der Waals surface area (Å²) in [6, 6.07) is 9.46. The van der Waals surface area contributed by atoms with E-state index in [1.807, 2.05) is 17.5 Å². The molecule has 4 rings (SSSR count). The van der Waals surface area contributed by atoms with Crippen LogP contribution >= 0.6 is 11.3 Å². The van der Waals surface area contributed by atoms with Gasteiger partial charge in [-0.3, -0.25) is 0 Å². The molecule has 0 atom stereocenters. The van der Waals surface area contributed by atoms with Crippen molar-refractivity contribution in [2.24, 2.45) is 0 Å². The van der Waals surface area contributed by atoms with Crippen LogP contribution in [0, 0.1) is 0 Å². The van der Waals surface area contributed by atoms with Crippen molar-refractivity contribution in [3.8, 4) is 10.8 Å². The Bertz CT molecular complexity index is 1050. The molecule has 0 spiro atoms. The molecule has 0 unspecified atom stereocenters. The lowest BCUT2D eigenvalue weighted by atomic mass is 10.2. The maximum Gasteiger partial charge on any atom is 0.338 e. The molecule has 0 bridgehead atoms. The first-order valence-corrected chi connectivity index (χ1v) is 11.0. The fourth-order valence-corrected chi connectivity index (χ4v) is 5.03. The number of hydrogen-bond donors (Lipinski definition) is 0. The number of hydrogen-bond acceptors (Lipinski definition) is 8. The molecule has 3 aromatic rings. The molecule has 8 nitrogen and oxygen atoms in total. The van der Waals surface area contributed by atoms with Gasteiger partial charge < -0.3 is 9.26 Å². The van der Waals surface area contributed by atoms with Crippen LogP contribution in [-0.2, 0) is 21.4 Å². The summed E-state index contributed by atoms with van der Waals surface area (Å²) >= 11 is 1.47. The summed E-state index contributed by atoms with van der Waals surface area (Å²) < 4.78 is 36.8. The molecule has 1 aromatic carbocycles. The van der Waals surface area contributed by atoms with Gasteiger partial charge in [0.05, 0.1) is 15.3 Å². The molecule has 10 heteroatoms.